The maximum atomic E-state index is 11.9. The number of carbonyl (C=O) groups excluding carboxylic acids is 1. The van der Waals surface area contributed by atoms with Crippen molar-refractivity contribution in [2.24, 2.45) is 0 Å². The number of hydrogen-bond acceptors (Lipinski definition) is 5. The van der Waals surface area contributed by atoms with E-state index in [1.165, 1.54) is 24.9 Å². The zero-order chi connectivity index (χ0) is 14.5. The van der Waals surface area contributed by atoms with E-state index in [1.54, 1.807) is 12.4 Å². The Labute approximate surface area is 121 Å². The average molecular weight is 277 g/mol. The summed E-state index contributed by atoms with van der Waals surface area (Å²) < 4.78 is 0. The molecule has 0 unspecified atom stereocenters. The zero-order valence-electron chi connectivity index (χ0n) is 11.0. The second-order valence-electron chi connectivity index (χ2n) is 4.25. The topological polar surface area (TPSA) is 80.7 Å². The lowest BCUT2D eigenvalue weighted by atomic mass is 10.1. The summed E-state index contributed by atoms with van der Waals surface area (Å²) in [6.45, 7) is 0. The third-order valence-corrected chi connectivity index (χ3v) is 2.83. The summed E-state index contributed by atoms with van der Waals surface area (Å²) in [5, 5.41) is 2.76. The standard InChI is InChI=1S/C15H11N5O/c21-15(14-9-16-5-6-19-14)20-13-3-1-11(2-4-13)12-7-17-10-18-8-12/h1-10H,(H,20,21). The van der Waals surface area contributed by atoms with Gasteiger partial charge in [0.15, 0.2) is 0 Å². The fourth-order valence-corrected chi connectivity index (χ4v) is 1.81. The summed E-state index contributed by atoms with van der Waals surface area (Å²) in [4.78, 5) is 27.7. The van der Waals surface area contributed by atoms with Crippen LogP contribution in [0.15, 0.2) is 61.6 Å². The van der Waals surface area contributed by atoms with Crippen LogP contribution in [0.3, 0.4) is 0 Å². The molecule has 0 aliphatic heterocycles. The monoisotopic (exact) mass is 277 g/mol. The molecule has 3 aromatic rings. The predicted octanol–water partition coefficient (Wildman–Crippen LogP) is 2.19. The molecule has 6 nitrogen and oxygen atoms in total. The molecule has 2 heterocycles. The van der Waals surface area contributed by atoms with Crippen LogP contribution in [0, 0.1) is 0 Å². The lowest BCUT2D eigenvalue weighted by Gasteiger charge is -2.05. The quantitative estimate of drug-likeness (QED) is 0.793. The second-order valence-corrected chi connectivity index (χ2v) is 4.25. The third kappa shape index (κ3) is 3.06. The smallest absolute Gasteiger partial charge is 0.275 e. The van der Waals surface area contributed by atoms with E-state index < -0.39 is 0 Å². The van der Waals surface area contributed by atoms with E-state index in [9.17, 15) is 4.79 Å². The van der Waals surface area contributed by atoms with Gasteiger partial charge < -0.3 is 5.32 Å². The average Bonchev–Trinajstić information content (AvgIpc) is 2.57. The minimum atomic E-state index is -0.293. The Balaban J connectivity index is 1.75. The Morgan fingerprint density at radius 3 is 2.29 bits per heavy atom. The van der Waals surface area contributed by atoms with Gasteiger partial charge in [-0.2, -0.15) is 0 Å². The van der Waals surface area contributed by atoms with E-state index in [0.717, 1.165) is 11.1 Å². The van der Waals surface area contributed by atoms with Gasteiger partial charge in [0.2, 0.25) is 0 Å². The number of anilines is 1. The molecule has 0 radical (unpaired) electrons. The van der Waals surface area contributed by atoms with Crippen molar-refractivity contribution in [2.45, 2.75) is 0 Å². The van der Waals surface area contributed by atoms with E-state index >= 15 is 0 Å². The zero-order valence-corrected chi connectivity index (χ0v) is 11.0. The Kier molecular flexibility index (Phi) is 3.60. The number of rotatable bonds is 3. The van der Waals surface area contributed by atoms with E-state index in [1.807, 2.05) is 24.3 Å². The van der Waals surface area contributed by atoms with E-state index in [2.05, 4.69) is 25.3 Å². The molecule has 6 heteroatoms. The Hall–Kier alpha value is -3.15. The molecule has 3 rings (SSSR count). The number of nitrogens with one attached hydrogen (secondary N) is 1. The molecular weight excluding hydrogens is 266 g/mol. The van der Waals surface area contributed by atoms with Crippen molar-refractivity contribution in [1.29, 1.82) is 0 Å². The van der Waals surface area contributed by atoms with Crippen molar-refractivity contribution >= 4 is 11.6 Å². The lowest BCUT2D eigenvalue weighted by molar-refractivity contribution is 0.102. The Morgan fingerprint density at radius 2 is 1.62 bits per heavy atom. The first-order valence-electron chi connectivity index (χ1n) is 6.26. The van der Waals surface area contributed by atoms with Gasteiger partial charge in [0.05, 0.1) is 6.20 Å². The van der Waals surface area contributed by atoms with Gasteiger partial charge in [-0.25, -0.2) is 15.0 Å². The van der Waals surface area contributed by atoms with Gasteiger partial charge in [0.1, 0.15) is 12.0 Å². The van der Waals surface area contributed by atoms with Crippen LogP contribution in [0.4, 0.5) is 5.69 Å². The van der Waals surface area contributed by atoms with Crippen molar-refractivity contribution in [3.63, 3.8) is 0 Å². The van der Waals surface area contributed by atoms with Crippen LogP contribution in [0.2, 0.25) is 0 Å². The van der Waals surface area contributed by atoms with Gasteiger partial charge in [-0.3, -0.25) is 9.78 Å². The molecule has 102 valence electrons. The number of hydrogen-bond donors (Lipinski definition) is 1. The highest BCUT2D eigenvalue weighted by atomic mass is 16.1. The molecule has 0 aliphatic carbocycles. The van der Waals surface area contributed by atoms with E-state index in [4.69, 9.17) is 0 Å². The van der Waals surface area contributed by atoms with Crippen molar-refractivity contribution in [3.05, 3.63) is 67.3 Å². The normalized spacial score (nSPS) is 10.1. The Bertz CT molecular complexity index is 729. The number of aromatic nitrogens is 4. The maximum absolute atomic E-state index is 11.9. The third-order valence-electron chi connectivity index (χ3n) is 2.83. The summed E-state index contributed by atoms with van der Waals surface area (Å²) >= 11 is 0. The van der Waals surface area contributed by atoms with Crippen molar-refractivity contribution < 1.29 is 4.79 Å². The largest absolute Gasteiger partial charge is 0.321 e. The minimum Gasteiger partial charge on any atom is -0.321 e. The molecule has 0 saturated heterocycles. The molecule has 0 atom stereocenters. The second kappa shape index (κ2) is 5.87. The van der Waals surface area contributed by atoms with Gasteiger partial charge in [-0.15, -0.1) is 0 Å². The van der Waals surface area contributed by atoms with Gasteiger partial charge in [0, 0.05) is 36.0 Å². The van der Waals surface area contributed by atoms with Crippen LogP contribution in [0.1, 0.15) is 10.5 Å². The van der Waals surface area contributed by atoms with Crippen LogP contribution >= 0.6 is 0 Å². The molecule has 1 N–H and O–H groups in total. The van der Waals surface area contributed by atoms with Gasteiger partial charge in [-0.1, -0.05) is 12.1 Å². The van der Waals surface area contributed by atoms with Crippen LogP contribution in [-0.4, -0.2) is 25.8 Å². The minimum absolute atomic E-state index is 0.276. The molecule has 0 aliphatic rings. The Morgan fingerprint density at radius 1 is 0.857 bits per heavy atom. The number of nitrogens with zero attached hydrogens (tertiary/aromatic N) is 4. The molecule has 1 amide bonds. The predicted molar refractivity (Wildman–Crippen MR) is 77.5 cm³/mol. The first-order valence-corrected chi connectivity index (χ1v) is 6.26. The van der Waals surface area contributed by atoms with Gasteiger partial charge in [0.25, 0.3) is 5.91 Å². The fourth-order valence-electron chi connectivity index (χ4n) is 1.81. The van der Waals surface area contributed by atoms with Crippen molar-refractivity contribution in [2.75, 3.05) is 5.32 Å². The summed E-state index contributed by atoms with van der Waals surface area (Å²) in [7, 11) is 0. The maximum Gasteiger partial charge on any atom is 0.275 e. The lowest BCUT2D eigenvalue weighted by Crippen LogP contribution is -2.13. The first kappa shape index (κ1) is 12.9. The summed E-state index contributed by atoms with van der Waals surface area (Å²) in [6, 6.07) is 7.42. The highest BCUT2D eigenvalue weighted by Crippen LogP contribution is 2.19. The van der Waals surface area contributed by atoms with Crippen LogP contribution in [-0.2, 0) is 0 Å². The molecule has 0 spiro atoms. The summed E-state index contributed by atoms with van der Waals surface area (Å²) in [5.74, 6) is -0.293. The fraction of sp³-hybridized carbons (Fsp3) is 0. The summed E-state index contributed by atoms with van der Waals surface area (Å²) in [5.41, 5.74) is 2.86. The number of amides is 1. The summed E-state index contributed by atoms with van der Waals surface area (Å²) in [6.07, 6.45) is 9.38. The van der Waals surface area contributed by atoms with Gasteiger partial charge >= 0.3 is 0 Å². The van der Waals surface area contributed by atoms with Gasteiger partial charge in [-0.05, 0) is 17.7 Å². The molecule has 1 aromatic carbocycles. The van der Waals surface area contributed by atoms with Crippen LogP contribution in [0.25, 0.3) is 11.1 Å². The van der Waals surface area contributed by atoms with Crippen molar-refractivity contribution in [1.82, 2.24) is 19.9 Å². The molecule has 0 saturated carbocycles. The van der Waals surface area contributed by atoms with Crippen LogP contribution < -0.4 is 5.32 Å². The SMILES string of the molecule is O=C(Nc1ccc(-c2cncnc2)cc1)c1cnccn1. The molecular formula is C15H11N5O. The molecule has 0 bridgehead atoms. The van der Waals surface area contributed by atoms with E-state index in [0.29, 0.717) is 5.69 Å². The highest BCUT2D eigenvalue weighted by molar-refractivity contribution is 6.02. The van der Waals surface area contributed by atoms with Crippen LogP contribution in [0.5, 0.6) is 0 Å². The first-order chi connectivity index (χ1) is 10.3. The molecule has 2 aromatic heterocycles. The highest BCUT2D eigenvalue weighted by Gasteiger charge is 2.07. The molecule has 0 fully saturated rings. The van der Waals surface area contributed by atoms with Crippen molar-refractivity contribution in [3.8, 4) is 11.1 Å². The number of benzene rings is 1. The number of carbonyl (C=O) groups is 1. The van der Waals surface area contributed by atoms with E-state index in [-0.39, 0.29) is 11.6 Å². The molecule has 21 heavy (non-hydrogen) atoms.